The maximum Gasteiger partial charge on any atom is 0.271 e. The number of amides is 1. The fourth-order valence-electron chi connectivity index (χ4n) is 4.18. The van der Waals surface area contributed by atoms with Crippen molar-refractivity contribution in [3.63, 3.8) is 0 Å². The topological polar surface area (TPSA) is 45.8 Å². The molecule has 1 saturated heterocycles. The minimum atomic E-state index is -0.121. The van der Waals surface area contributed by atoms with E-state index in [1.54, 1.807) is 11.0 Å². The van der Waals surface area contributed by atoms with Crippen molar-refractivity contribution in [3.05, 3.63) is 112 Å². The van der Waals surface area contributed by atoms with Crippen LogP contribution in [0.15, 0.2) is 99.2 Å². The third kappa shape index (κ3) is 4.77. The van der Waals surface area contributed by atoms with Crippen LogP contribution in [0.3, 0.4) is 0 Å². The summed E-state index contributed by atoms with van der Waals surface area (Å²) in [6, 6.07) is 27.3. The number of furan rings is 1. The number of aliphatic imine (C=N–C) groups is 1. The van der Waals surface area contributed by atoms with Crippen LogP contribution in [0.25, 0.3) is 17.4 Å². The number of hydrogen-bond donors (Lipinski definition) is 0. The normalized spacial score (nSPS) is 15.9. The average Bonchev–Trinajstić information content (AvgIpc) is 3.49. The molecule has 180 valence electrons. The molecule has 1 fully saturated rings. The number of hydrogen-bond acceptors (Lipinski definition) is 4. The number of carbonyl (C=O) groups is 1. The van der Waals surface area contributed by atoms with Crippen LogP contribution in [-0.2, 0) is 17.6 Å². The van der Waals surface area contributed by atoms with Gasteiger partial charge in [-0.1, -0.05) is 74.0 Å². The summed E-state index contributed by atoms with van der Waals surface area (Å²) in [5, 5.41) is 1.25. The second-order valence-corrected chi connectivity index (χ2v) is 9.71. The molecule has 0 spiro atoms. The zero-order valence-corrected chi connectivity index (χ0v) is 21.6. The molecule has 0 unspecified atom stereocenters. The summed E-state index contributed by atoms with van der Waals surface area (Å²) in [5.41, 5.74) is 4.75. The van der Waals surface area contributed by atoms with Gasteiger partial charge >= 0.3 is 0 Å². The van der Waals surface area contributed by atoms with Gasteiger partial charge < -0.3 is 4.42 Å². The van der Waals surface area contributed by atoms with Gasteiger partial charge in [-0.3, -0.25) is 9.69 Å². The number of nitrogens with zero attached hydrogens (tertiary/aromatic N) is 2. The first-order chi connectivity index (χ1) is 17.6. The van der Waals surface area contributed by atoms with Gasteiger partial charge in [0.15, 0.2) is 5.17 Å². The Morgan fingerprint density at radius 1 is 0.889 bits per heavy atom. The Morgan fingerprint density at radius 3 is 2.36 bits per heavy atom. The van der Waals surface area contributed by atoms with Crippen LogP contribution in [0.5, 0.6) is 0 Å². The molecule has 1 amide bonds. The molecule has 1 aliphatic heterocycles. The number of para-hydroxylation sites is 2. The van der Waals surface area contributed by atoms with Crippen LogP contribution < -0.4 is 4.90 Å². The van der Waals surface area contributed by atoms with Gasteiger partial charge in [-0.2, -0.15) is 0 Å². The van der Waals surface area contributed by atoms with Gasteiger partial charge in [0.1, 0.15) is 11.5 Å². The molecule has 1 aliphatic rings. The number of halogens is 1. The largest absolute Gasteiger partial charge is 0.457 e. The van der Waals surface area contributed by atoms with Crippen molar-refractivity contribution in [2.24, 2.45) is 4.99 Å². The van der Waals surface area contributed by atoms with E-state index in [9.17, 15) is 4.79 Å². The van der Waals surface area contributed by atoms with E-state index in [2.05, 4.69) is 26.0 Å². The van der Waals surface area contributed by atoms with E-state index < -0.39 is 0 Å². The summed E-state index contributed by atoms with van der Waals surface area (Å²) < 4.78 is 6.05. The van der Waals surface area contributed by atoms with Crippen LogP contribution in [0.4, 0.5) is 11.4 Å². The third-order valence-corrected chi connectivity index (χ3v) is 7.35. The highest BCUT2D eigenvalue weighted by Crippen LogP contribution is 2.40. The number of carbonyl (C=O) groups excluding carboxylic acids is 1. The van der Waals surface area contributed by atoms with Gasteiger partial charge in [0.25, 0.3) is 5.91 Å². The molecule has 0 radical (unpaired) electrons. The van der Waals surface area contributed by atoms with E-state index in [0.717, 1.165) is 40.9 Å². The molecule has 5 rings (SSSR count). The van der Waals surface area contributed by atoms with Crippen LogP contribution in [0, 0.1) is 0 Å². The van der Waals surface area contributed by atoms with Gasteiger partial charge in [0.05, 0.1) is 21.3 Å². The van der Waals surface area contributed by atoms with Crippen LogP contribution in [0.1, 0.15) is 30.7 Å². The first-order valence-electron chi connectivity index (χ1n) is 11.9. The first-order valence-corrected chi connectivity index (χ1v) is 13.1. The molecule has 0 atom stereocenters. The lowest BCUT2D eigenvalue weighted by molar-refractivity contribution is -0.113. The predicted molar refractivity (Wildman–Crippen MR) is 151 cm³/mol. The lowest BCUT2D eigenvalue weighted by atomic mass is 10.1. The van der Waals surface area contributed by atoms with Crippen molar-refractivity contribution in [3.8, 4) is 11.3 Å². The SMILES string of the molecule is CCc1ccccc1N=C1S/C(=C\c2ccc(-c3ccccc3Cl)o2)C(=O)N1c1ccccc1CC. The Hall–Kier alpha value is -3.54. The van der Waals surface area contributed by atoms with Crippen molar-refractivity contribution < 1.29 is 9.21 Å². The number of thioether (sulfide) groups is 1. The summed E-state index contributed by atoms with van der Waals surface area (Å²) in [4.78, 5) is 21.0. The van der Waals surface area contributed by atoms with E-state index >= 15 is 0 Å². The van der Waals surface area contributed by atoms with Crippen LogP contribution in [0.2, 0.25) is 5.02 Å². The monoisotopic (exact) mass is 512 g/mol. The highest BCUT2D eigenvalue weighted by Gasteiger charge is 2.36. The lowest BCUT2D eigenvalue weighted by Crippen LogP contribution is -2.29. The van der Waals surface area contributed by atoms with Crippen LogP contribution in [-0.4, -0.2) is 11.1 Å². The Bertz CT molecular complexity index is 1490. The molecule has 36 heavy (non-hydrogen) atoms. The Labute approximate surface area is 220 Å². The van der Waals surface area contributed by atoms with Gasteiger partial charge in [0, 0.05) is 11.6 Å². The second-order valence-electron chi connectivity index (χ2n) is 8.29. The number of benzene rings is 3. The van der Waals surface area contributed by atoms with Gasteiger partial charge in [-0.05, 0) is 72.1 Å². The van der Waals surface area contributed by atoms with E-state index in [0.29, 0.717) is 26.6 Å². The molecule has 6 heteroatoms. The average molecular weight is 513 g/mol. The van der Waals surface area contributed by atoms with E-state index in [-0.39, 0.29) is 5.91 Å². The van der Waals surface area contributed by atoms with Gasteiger partial charge in [-0.25, -0.2) is 4.99 Å². The van der Waals surface area contributed by atoms with Crippen molar-refractivity contribution in [1.29, 1.82) is 0 Å². The minimum absolute atomic E-state index is 0.121. The predicted octanol–water partition coefficient (Wildman–Crippen LogP) is 8.53. The Morgan fingerprint density at radius 2 is 1.58 bits per heavy atom. The van der Waals surface area contributed by atoms with Crippen LogP contribution >= 0.6 is 23.4 Å². The van der Waals surface area contributed by atoms with E-state index in [4.69, 9.17) is 21.0 Å². The number of anilines is 1. The van der Waals surface area contributed by atoms with E-state index in [1.807, 2.05) is 72.8 Å². The molecule has 2 heterocycles. The number of amidine groups is 1. The lowest BCUT2D eigenvalue weighted by Gasteiger charge is -2.19. The summed E-state index contributed by atoms with van der Waals surface area (Å²) >= 11 is 7.70. The van der Waals surface area contributed by atoms with Crippen molar-refractivity contribution >= 4 is 51.9 Å². The van der Waals surface area contributed by atoms with Crippen molar-refractivity contribution in [2.75, 3.05) is 4.90 Å². The zero-order valence-electron chi connectivity index (χ0n) is 20.1. The van der Waals surface area contributed by atoms with Crippen molar-refractivity contribution in [2.45, 2.75) is 26.7 Å². The highest BCUT2D eigenvalue weighted by molar-refractivity contribution is 8.19. The standard InChI is InChI=1S/C30H25ClN2O2S/c1-3-20-11-5-9-15-25(20)32-30-33(26-16-10-6-12-21(26)4-2)29(34)28(36-30)19-22-17-18-27(35-22)23-13-7-8-14-24(23)31/h5-19H,3-4H2,1-2H3/b28-19-,32-30?. The fourth-order valence-corrected chi connectivity index (χ4v) is 5.37. The molecular formula is C30H25ClN2O2S. The minimum Gasteiger partial charge on any atom is -0.457 e. The maximum absolute atomic E-state index is 13.8. The highest BCUT2D eigenvalue weighted by atomic mass is 35.5. The summed E-state index contributed by atoms with van der Waals surface area (Å²) in [7, 11) is 0. The molecule has 1 aromatic heterocycles. The van der Waals surface area contributed by atoms with Gasteiger partial charge in [0.2, 0.25) is 0 Å². The first kappa shape index (κ1) is 24.2. The maximum atomic E-state index is 13.8. The molecule has 4 nitrogen and oxygen atoms in total. The fraction of sp³-hybridized carbons (Fsp3) is 0.133. The third-order valence-electron chi connectivity index (χ3n) is 6.05. The molecule has 0 saturated carbocycles. The number of rotatable bonds is 6. The molecular weight excluding hydrogens is 488 g/mol. The molecule has 3 aromatic carbocycles. The van der Waals surface area contributed by atoms with E-state index in [1.165, 1.54) is 11.8 Å². The smallest absolute Gasteiger partial charge is 0.271 e. The molecule has 0 bridgehead atoms. The number of aryl methyl sites for hydroxylation is 2. The summed E-state index contributed by atoms with van der Waals surface area (Å²) in [6.07, 6.45) is 3.45. The second kappa shape index (κ2) is 10.6. The Kier molecular flexibility index (Phi) is 7.12. The quantitative estimate of drug-likeness (QED) is 0.243. The molecule has 0 aliphatic carbocycles. The summed E-state index contributed by atoms with van der Waals surface area (Å²) in [5.74, 6) is 1.12. The van der Waals surface area contributed by atoms with Gasteiger partial charge in [-0.15, -0.1) is 0 Å². The summed E-state index contributed by atoms with van der Waals surface area (Å²) in [6.45, 7) is 4.19. The molecule has 0 N–H and O–H groups in total. The van der Waals surface area contributed by atoms with Crippen molar-refractivity contribution in [1.82, 2.24) is 0 Å². The Balaban J connectivity index is 1.57. The molecule has 4 aromatic rings. The zero-order chi connectivity index (χ0) is 25.1.